The molecule has 1 aromatic rings. The van der Waals surface area contributed by atoms with Crippen LogP contribution >= 0.6 is 0 Å². The lowest BCUT2D eigenvalue weighted by Crippen LogP contribution is -2.50. The number of halogens is 3. The molecule has 1 N–H and O–H groups in total. The zero-order valence-electron chi connectivity index (χ0n) is 10.9. The maximum absolute atomic E-state index is 12.7. The Morgan fingerprint density at radius 2 is 2.10 bits per heavy atom. The fourth-order valence-electron chi connectivity index (χ4n) is 2.36. The predicted molar refractivity (Wildman–Crippen MR) is 65.9 cm³/mol. The maximum atomic E-state index is 12.7. The van der Waals surface area contributed by atoms with Crippen LogP contribution in [0.25, 0.3) is 0 Å². The van der Waals surface area contributed by atoms with E-state index in [4.69, 9.17) is 0 Å². The Labute approximate surface area is 114 Å². The first-order valence-electron chi connectivity index (χ1n) is 6.50. The molecule has 0 radical (unpaired) electrons. The summed E-state index contributed by atoms with van der Waals surface area (Å²) in [5.74, 6) is -0.544. The third kappa shape index (κ3) is 4.22. The molecule has 5 nitrogen and oxygen atoms in total. The van der Waals surface area contributed by atoms with Crippen LogP contribution in [0, 0.1) is 0 Å². The molecule has 1 saturated heterocycles. The molecule has 20 heavy (non-hydrogen) atoms. The summed E-state index contributed by atoms with van der Waals surface area (Å²) in [5, 5.41) is 6.94. The summed E-state index contributed by atoms with van der Waals surface area (Å²) >= 11 is 0. The van der Waals surface area contributed by atoms with Gasteiger partial charge in [0.05, 0.1) is 0 Å². The van der Waals surface area contributed by atoms with Crippen molar-refractivity contribution < 1.29 is 18.0 Å². The molecule has 0 aromatic carbocycles. The van der Waals surface area contributed by atoms with E-state index in [1.165, 1.54) is 10.9 Å². The molecule has 8 heteroatoms. The van der Waals surface area contributed by atoms with E-state index < -0.39 is 18.6 Å². The van der Waals surface area contributed by atoms with E-state index in [1.807, 2.05) is 0 Å². The van der Waals surface area contributed by atoms with Gasteiger partial charge >= 0.3 is 6.18 Å². The van der Waals surface area contributed by atoms with Gasteiger partial charge in [-0.15, -0.1) is 0 Å². The number of piperidine rings is 1. The number of carbonyl (C=O) groups is 1. The molecule has 2 heterocycles. The van der Waals surface area contributed by atoms with Crippen molar-refractivity contribution in [2.45, 2.75) is 31.6 Å². The van der Waals surface area contributed by atoms with Crippen LogP contribution in [0.3, 0.4) is 0 Å². The van der Waals surface area contributed by atoms with Crippen LogP contribution < -0.4 is 5.32 Å². The number of hydrogen-bond donors (Lipinski definition) is 1. The van der Waals surface area contributed by atoms with Gasteiger partial charge in [0.25, 0.3) is 0 Å². The van der Waals surface area contributed by atoms with E-state index >= 15 is 0 Å². The molecule has 2 rings (SSSR count). The number of nitrogens with zero attached hydrogens (tertiary/aromatic N) is 3. The first kappa shape index (κ1) is 14.8. The summed E-state index contributed by atoms with van der Waals surface area (Å²) in [4.78, 5) is 13.1. The Balaban J connectivity index is 2.06. The average Bonchev–Trinajstić information content (AvgIpc) is 2.89. The smallest absolute Gasteiger partial charge is 0.329 e. The van der Waals surface area contributed by atoms with Gasteiger partial charge in [0.2, 0.25) is 5.91 Å². The van der Waals surface area contributed by atoms with Crippen molar-refractivity contribution in [3.05, 3.63) is 18.5 Å². The van der Waals surface area contributed by atoms with Gasteiger partial charge in [-0.3, -0.25) is 9.48 Å². The molecule has 112 valence electrons. The fourth-order valence-corrected chi connectivity index (χ4v) is 2.36. The van der Waals surface area contributed by atoms with Crippen molar-refractivity contribution in [3.8, 4) is 0 Å². The molecule has 0 bridgehead atoms. The molecule has 0 aliphatic carbocycles. The summed E-state index contributed by atoms with van der Waals surface area (Å²) in [6.45, 7) is -0.0904. The second-order valence-electron chi connectivity index (χ2n) is 4.82. The Hall–Kier alpha value is -1.57. The number of alkyl halides is 3. The molecule has 0 spiro atoms. The van der Waals surface area contributed by atoms with Crippen LogP contribution in [0.1, 0.15) is 12.8 Å². The minimum absolute atomic E-state index is 0.160. The lowest BCUT2D eigenvalue weighted by molar-refractivity contribution is -0.167. The molecular formula is C12H17F3N4O. The predicted octanol–water partition coefficient (Wildman–Crippen LogP) is 1.03. The Morgan fingerprint density at radius 1 is 1.40 bits per heavy atom. The second kappa shape index (κ2) is 6.25. The zero-order chi connectivity index (χ0) is 14.6. The highest BCUT2D eigenvalue weighted by Gasteiger charge is 2.36. The van der Waals surface area contributed by atoms with Crippen LogP contribution in [-0.4, -0.2) is 52.4 Å². The van der Waals surface area contributed by atoms with Crippen LogP contribution in [0.15, 0.2) is 18.5 Å². The minimum atomic E-state index is -4.38. The monoisotopic (exact) mass is 290 g/mol. The molecule has 0 unspecified atom stereocenters. The summed E-state index contributed by atoms with van der Waals surface area (Å²) in [7, 11) is 0. The lowest BCUT2D eigenvalue weighted by atomic mass is 10.0. The van der Waals surface area contributed by atoms with Crippen molar-refractivity contribution >= 4 is 5.91 Å². The second-order valence-corrected chi connectivity index (χ2v) is 4.82. The van der Waals surface area contributed by atoms with E-state index in [0.717, 1.165) is 4.90 Å². The first-order valence-corrected chi connectivity index (χ1v) is 6.50. The quantitative estimate of drug-likeness (QED) is 0.901. The van der Waals surface area contributed by atoms with Gasteiger partial charge in [0.15, 0.2) is 0 Å². The largest absolute Gasteiger partial charge is 0.406 e. The third-order valence-corrected chi connectivity index (χ3v) is 3.28. The number of rotatable bonds is 4. The van der Waals surface area contributed by atoms with Crippen molar-refractivity contribution in [2.24, 2.45) is 0 Å². The first-order chi connectivity index (χ1) is 9.46. The molecule has 0 saturated carbocycles. The van der Waals surface area contributed by atoms with Crippen molar-refractivity contribution in [1.29, 1.82) is 0 Å². The summed E-state index contributed by atoms with van der Waals surface area (Å²) in [6, 6.07) is 1.27. The van der Waals surface area contributed by atoms with Gasteiger partial charge in [0, 0.05) is 18.4 Å². The molecule has 1 amide bonds. The number of carbonyl (C=O) groups excluding carboxylic acids is 1. The van der Waals surface area contributed by atoms with Gasteiger partial charge in [-0.2, -0.15) is 18.3 Å². The van der Waals surface area contributed by atoms with Crippen LogP contribution in [0.4, 0.5) is 13.2 Å². The Kier molecular flexibility index (Phi) is 4.64. The number of aromatic nitrogens is 2. The van der Waals surface area contributed by atoms with Crippen LogP contribution in [0.2, 0.25) is 0 Å². The van der Waals surface area contributed by atoms with E-state index in [1.54, 1.807) is 12.3 Å². The van der Waals surface area contributed by atoms with Crippen molar-refractivity contribution in [1.82, 2.24) is 20.0 Å². The number of hydrogen-bond acceptors (Lipinski definition) is 3. The van der Waals surface area contributed by atoms with Crippen molar-refractivity contribution in [3.63, 3.8) is 0 Å². The normalized spacial score (nSPS) is 17.1. The van der Waals surface area contributed by atoms with Gasteiger partial charge in [-0.1, -0.05) is 0 Å². The standard InChI is InChI=1S/C12H17F3N4O/c13-12(14,15)9-19(10-2-5-16-6-3-10)11(20)8-18-7-1-4-17-18/h1,4,7,10,16H,2-3,5-6,8-9H2. The summed E-state index contributed by atoms with van der Waals surface area (Å²) in [6.07, 6.45) is -0.246. The highest BCUT2D eigenvalue weighted by Crippen LogP contribution is 2.21. The number of nitrogens with one attached hydrogen (secondary N) is 1. The SMILES string of the molecule is O=C(Cn1cccn1)N(CC(F)(F)F)C1CCNCC1. The highest BCUT2D eigenvalue weighted by atomic mass is 19.4. The maximum Gasteiger partial charge on any atom is 0.406 e. The van der Waals surface area contributed by atoms with Crippen LogP contribution in [0.5, 0.6) is 0 Å². The van der Waals surface area contributed by atoms with Gasteiger partial charge in [0.1, 0.15) is 13.1 Å². The van der Waals surface area contributed by atoms with E-state index in [0.29, 0.717) is 25.9 Å². The fraction of sp³-hybridized carbons (Fsp3) is 0.667. The summed E-state index contributed by atoms with van der Waals surface area (Å²) < 4.78 is 39.3. The van der Waals surface area contributed by atoms with E-state index in [-0.39, 0.29) is 12.6 Å². The topological polar surface area (TPSA) is 50.2 Å². The highest BCUT2D eigenvalue weighted by molar-refractivity contribution is 5.76. The average molecular weight is 290 g/mol. The third-order valence-electron chi connectivity index (χ3n) is 3.28. The van der Waals surface area contributed by atoms with Crippen LogP contribution in [-0.2, 0) is 11.3 Å². The minimum Gasteiger partial charge on any atom is -0.329 e. The number of amides is 1. The van der Waals surface area contributed by atoms with Gasteiger partial charge in [-0.05, 0) is 32.0 Å². The molecule has 1 aliphatic heterocycles. The van der Waals surface area contributed by atoms with E-state index in [2.05, 4.69) is 10.4 Å². The van der Waals surface area contributed by atoms with Gasteiger partial charge in [-0.25, -0.2) is 0 Å². The molecule has 1 aromatic heterocycles. The molecule has 1 fully saturated rings. The summed E-state index contributed by atoms with van der Waals surface area (Å²) in [5.41, 5.74) is 0. The zero-order valence-corrected chi connectivity index (χ0v) is 10.9. The Morgan fingerprint density at radius 3 is 2.65 bits per heavy atom. The molecule has 1 aliphatic rings. The lowest BCUT2D eigenvalue weighted by Gasteiger charge is -2.35. The van der Waals surface area contributed by atoms with Gasteiger partial charge < -0.3 is 10.2 Å². The molecular weight excluding hydrogens is 273 g/mol. The Bertz CT molecular complexity index is 426. The van der Waals surface area contributed by atoms with E-state index in [9.17, 15) is 18.0 Å². The molecule has 0 atom stereocenters. The van der Waals surface area contributed by atoms with Crippen molar-refractivity contribution in [2.75, 3.05) is 19.6 Å².